The first kappa shape index (κ1) is 19.2. The van der Waals surface area contributed by atoms with Gasteiger partial charge in [-0.25, -0.2) is 4.39 Å². The molecule has 4 aliphatic rings. The number of carbonyl (C=O) groups is 1. The average molecular weight is 395 g/mol. The highest BCUT2D eigenvalue weighted by atomic mass is 19.1. The zero-order valence-corrected chi connectivity index (χ0v) is 17.5. The summed E-state index contributed by atoms with van der Waals surface area (Å²) in [6, 6.07) is 6.43. The van der Waals surface area contributed by atoms with Crippen LogP contribution in [0.15, 0.2) is 41.5 Å². The number of halogens is 1. The van der Waals surface area contributed by atoms with E-state index in [0.29, 0.717) is 23.5 Å². The summed E-state index contributed by atoms with van der Waals surface area (Å²) in [4.78, 5) is 13.4. The zero-order chi connectivity index (χ0) is 20.4. The molecule has 0 radical (unpaired) electrons. The monoisotopic (exact) mass is 394 g/mol. The van der Waals surface area contributed by atoms with Crippen molar-refractivity contribution >= 4 is 11.9 Å². The van der Waals surface area contributed by atoms with Crippen LogP contribution in [-0.2, 0) is 4.79 Å². The second kappa shape index (κ2) is 6.63. The standard InChI is InChI=1S/C26H31FO2/c1-25-11-9-20(28)15-18(25)5-8-21-22(25)10-12-26(2)23(21)14-17(24(26)29)13-16-3-6-19(27)7-4-16/h3-7,13,20-23,28H,8-12,14-15H2,1-2H3/b17-13+/t20-,21+,22-,23-,25+,26-/m1/s1. The molecule has 1 N–H and O–H groups in total. The molecule has 29 heavy (non-hydrogen) atoms. The van der Waals surface area contributed by atoms with Crippen molar-refractivity contribution in [2.24, 2.45) is 28.6 Å². The van der Waals surface area contributed by atoms with E-state index in [0.717, 1.165) is 56.1 Å². The van der Waals surface area contributed by atoms with E-state index in [9.17, 15) is 14.3 Å². The Balaban J connectivity index is 1.47. The van der Waals surface area contributed by atoms with Crippen LogP contribution in [0.1, 0.15) is 64.4 Å². The smallest absolute Gasteiger partial charge is 0.165 e. The Hall–Kier alpha value is -1.74. The molecule has 0 saturated heterocycles. The van der Waals surface area contributed by atoms with Crippen LogP contribution in [0.3, 0.4) is 0 Å². The summed E-state index contributed by atoms with van der Waals surface area (Å²) in [5.41, 5.74) is 3.22. The number of hydrogen-bond acceptors (Lipinski definition) is 2. The molecule has 0 heterocycles. The fourth-order valence-corrected chi connectivity index (χ4v) is 7.20. The van der Waals surface area contributed by atoms with Crippen molar-refractivity contribution in [2.45, 2.75) is 64.9 Å². The minimum Gasteiger partial charge on any atom is -0.393 e. The van der Waals surface area contributed by atoms with Crippen LogP contribution in [-0.4, -0.2) is 17.0 Å². The van der Waals surface area contributed by atoms with Crippen molar-refractivity contribution in [2.75, 3.05) is 0 Å². The second-order valence-corrected chi connectivity index (χ2v) is 10.4. The van der Waals surface area contributed by atoms with Gasteiger partial charge in [-0.05, 0) is 97.5 Å². The molecule has 0 unspecified atom stereocenters. The van der Waals surface area contributed by atoms with Crippen LogP contribution >= 0.6 is 0 Å². The molecule has 154 valence electrons. The van der Waals surface area contributed by atoms with Crippen LogP contribution in [0.25, 0.3) is 6.08 Å². The van der Waals surface area contributed by atoms with Gasteiger partial charge in [-0.2, -0.15) is 0 Å². The summed E-state index contributed by atoms with van der Waals surface area (Å²) in [7, 11) is 0. The van der Waals surface area contributed by atoms with E-state index in [1.54, 1.807) is 12.1 Å². The third kappa shape index (κ3) is 2.88. The van der Waals surface area contributed by atoms with Gasteiger partial charge in [0.05, 0.1) is 6.10 Å². The number of fused-ring (bicyclic) bond motifs is 5. The van der Waals surface area contributed by atoms with Crippen molar-refractivity contribution in [1.29, 1.82) is 0 Å². The molecule has 1 aromatic rings. The van der Waals surface area contributed by atoms with E-state index >= 15 is 0 Å². The summed E-state index contributed by atoms with van der Waals surface area (Å²) in [6.07, 6.45) is 11.0. The van der Waals surface area contributed by atoms with Crippen LogP contribution in [0.2, 0.25) is 0 Å². The predicted octanol–water partition coefficient (Wildman–Crippen LogP) is 5.71. The second-order valence-electron chi connectivity index (χ2n) is 10.4. The Morgan fingerprint density at radius 3 is 2.52 bits per heavy atom. The van der Waals surface area contributed by atoms with E-state index in [4.69, 9.17) is 0 Å². The maximum absolute atomic E-state index is 13.4. The van der Waals surface area contributed by atoms with Gasteiger partial charge in [0.1, 0.15) is 5.82 Å². The number of benzene rings is 1. The summed E-state index contributed by atoms with van der Waals surface area (Å²) < 4.78 is 13.3. The van der Waals surface area contributed by atoms with Crippen LogP contribution in [0.5, 0.6) is 0 Å². The lowest BCUT2D eigenvalue weighted by Crippen LogP contribution is -2.50. The molecule has 4 aliphatic carbocycles. The molecule has 0 aromatic heterocycles. The van der Waals surface area contributed by atoms with E-state index in [1.807, 2.05) is 6.08 Å². The lowest BCUT2D eigenvalue weighted by atomic mass is 9.48. The van der Waals surface area contributed by atoms with Gasteiger partial charge in [0, 0.05) is 5.41 Å². The Morgan fingerprint density at radius 2 is 1.76 bits per heavy atom. The van der Waals surface area contributed by atoms with Gasteiger partial charge in [-0.15, -0.1) is 0 Å². The quantitative estimate of drug-likeness (QED) is 0.489. The lowest BCUT2D eigenvalue weighted by Gasteiger charge is -2.56. The van der Waals surface area contributed by atoms with Crippen LogP contribution in [0, 0.1) is 34.4 Å². The van der Waals surface area contributed by atoms with E-state index in [2.05, 4.69) is 19.9 Å². The first-order chi connectivity index (χ1) is 13.8. The molecule has 6 atom stereocenters. The van der Waals surface area contributed by atoms with Crippen molar-refractivity contribution in [3.8, 4) is 0 Å². The first-order valence-electron chi connectivity index (χ1n) is 11.2. The van der Waals surface area contributed by atoms with Gasteiger partial charge in [-0.1, -0.05) is 37.6 Å². The van der Waals surface area contributed by atoms with Crippen molar-refractivity contribution in [3.05, 3.63) is 52.9 Å². The topological polar surface area (TPSA) is 37.3 Å². The Labute approximate surface area is 172 Å². The number of aliphatic hydroxyl groups is 1. The third-order valence-electron chi connectivity index (χ3n) is 8.93. The van der Waals surface area contributed by atoms with Gasteiger partial charge in [0.25, 0.3) is 0 Å². The molecular weight excluding hydrogens is 363 g/mol. The summed E-state index contributed by atoms with van der Waals surface area (Å²) in [5.74, 6) is 1.61. The van der Waals surface area contributed by atoms with Gasteiger partial charge in [-0.3, -0.25) is 4.79 Å². The van der Waals surface area contributed by atoms with Gasteiger partial charge >= 0.3 is 0 Å². The number of carbonyl (C=O) groups excluding carboxylic acids is 1. The zero-order valence-electron chi connectivity index (χ0n) is 17.5. The summed E-state index contributed by atoms with van der Waals surface area (Å²) >= 11 is 0. The number of rotatable bonds is 1. The number of ketones is 1. The normalized spacial score (nSPS) is 42.8. The molecule has 5 rings (SSSR count). The van der Waals surface area contributed by atoms with E-state index in [1.165, 1.54) is 17.7 Å². The van der Waals surface area contributed by atoms with E-state index < -0.39 is 0 Å². The number of allylic oxidation sites excluding steroid dienone is 2. The molecule has 3 fully saturated rings. The van der Waals surface area contributed by atoms with Crippen LogP contribution in [0.4, 0.5) is 4.39 Å². The maximum Gasteiger partial charge on any atom is 0.165 e. The molecule has 0 aliphatic heterocycles. The minimum atomic E-state index is -0.261. The first-order valence-corrected chi connectivity index (χ1v) is 11.2. The van der Waals surface area contributed by atoms with Crippen molar-refractivity contribution < 1.29 is 14.3 Å². The highest BCUT2D eigenvalue weighted by Crippen LogP contribution is 2.64. The summed E-state index contributed by atoms with van der Waals surface area (Å²) in [6.45, 7) is 4.60. The van der Waals surface area contributed by atoms with E-state index in [-0.39, 0.29) is 22.8 Å². The molecule has 0 amide bonds. The van der Waals surface area contributed by atoms with Crippen molar-refractivity contribution in [1.82, 2.24) is 0 Å². The Morgan fingerprint density at radius 1 is 1.03 bits per heavy atom. The summed E-state index contributed by atoms with van der Waals surface area (Å²) in [5, 5.41) is 10.2. The highest BCUT2D eigenvalue weighted by Gasteiger charge is 2.59. The molecule has 2 nitrogen and oxygen atoms in total. The number of Topliss-reactive ketones (excluding diaryl/α,β-unsaturated/α-hetero) is 1. The predicted molar refractivity (Wildman–Crippen MR) is 112 cm³/mol. The maximum atomic E-state index is 13.4. The number of aliphatic hydroxyl groups excluding tert-OH is 1. The highest BCUT2D eigenvalue weighted by molar-refractivity contribution is 6.05. The Bertz CT molecular complexity index is 898. The molecule has 3 heteroatoms. The van der Waals surface area contributed by atoms with Crippen molar-refractivity contribution in [3.63, 3.8) is 0 Å². The molecule has 0 spiro atoms. The lowest BCUT2D eigenvalue weighted by molar-refractivity contribution is -0.130. The Kier molecular flexibility index (Phi) is 4.40. The third-order valence-corrected chi connectivity index (χ3v) is 8.93. The largest absolute Gasteiger partial charge is 0.393 e. The molecule has 3 saturated carbocycles. The fourth-order valence-electron chi connectivity index (χ4n) is 7.20. The molecule has 1 aromatic carbocycles. The molecular formula is C26H31FO2. The molecule has 0 bridgehead atoms. The van der Waals surface area contributed by atoms with Gasteiger partial charge in [0.2, 0.25) is 0 Å². The average Bonchev–Trinajstić information content (AvgIpc) is 2.95. The van der Waals surface area contributed by atoms with Gasteiger partial charge < -0.3 is 5.11 Å². The number of hydrogen-bond donors (Lipinski definition) is 1. The van der Waals surface area contributed by atoms with Gasteiger partial charge in [0.15, 0.2) is 5.78 Å². The van der Waals surface area contributed by atoms with Crippen LogP contribution < -0.4 is 0 Å². The minimum absolute atomic E-state index is 0.182. The SMILES string of the molecule is C[C@@]12CC[C@@H]3[C@H](CC=C4C[C@H](O)CC[C@@]43C)[C@H]1C/C(=C\c1ccc(F)cc1)C2=O. The fraction of sp³-hybridized carbons (Fsp3) is 0.577.